The van der Waals surface area contributed by atoms with Crippen molar-refractivity contribution in [3.63, 3.8) is 0 Å². The second-order valence-corrected chi connectivity index (χ2v) is 5.93. The van der Waals surface area contributed by atoms with E-state index < -0.39 is 0 Å². The maximum Gasteiger partial charge on any atom is 0.193 e. The number of carbonyl (C=O) groups is 1. The molecule has 25 heavy (non-hydrogen) atoms. The van der Waals surface area contributed by atoms with Crippen molar-refractivity contribution >= 4 is 11.9 Å². The van der Waals surface area contributed by atoms with Gasteiger partial charge in [-0.2, -0.15) is 0 Å². The third kappa shape index (κ3) is 4.73. The molecule has 0 amide bonds. The van der Waals surface area contributed by atoms with Gasteiger partial charge in [-0.15, -0.1) is 0 Å². The topological polar surface area (TPSA) is 66.8 Å². The number of phenols is 2. The summed E-state index contributed by atoms with van der Waals surface area (Å²) in [5.74, 6) is 0.0900. The highest BCUT2D eigenvalue weighted by Crippen LogP contribution is 2.32. The maximum absolute atomic E-state index is 12.6. The molecule has 0 aromatic heterocycles. The van der Waals surface area contributed by atoms with Gasteiger partial charge in [0.2, 0.25) is 0 Å². The van der Waals surface area contributed by atoms with Crippen molar-refractivity contribution in [3.05, 3.63) is 70.8 Å². The van der Waals surface area contributed by atoms with Crippen LogP contribution in [0.4, 0.5) is 0 Å². The van der Waals surface area contributed by atoms with E-state index in [0.717, 1.165) is 11.1 Å². The average Bonchev–Trinajstić information content (AvgIpc) is 2.59. The van der Waals surface area contributed by atoms with E-state index >= 15 is 0 Å². The van der Waals surface area contributed by atoms with Gasteiger partial charge in [0.15, 0.2) is 5.78 Å². The first kappa shape index (κ1) is 18.3. The summed E-state index contributed by atoms with van der Waals surface area (Å²) in [4.78, 5) is 12.6. The molecule has 0 radical (unpaired) electrons. The number of ketones is 1. The number of ether oxygens (including phenoxy) is 1. The summed E-state index contributed by atoms with van der Waals surface area (Å²) in [6, 6.07) is 9.93. The molecule has 0 spiro atoms. The molecule has 0 aliphatic carbocycles. The lowest BCUT2D eigenvalue weighted by molar-refractivity contribution is 0.104. The summed E-state index contributed by atoms with van der Waals surface area (Å²) in [7, 11) is 1.46. The van der Waals surface area contributed by atoms with Crippen molar-refractivity contribution < 1.29 is 19.7 Å². The van der Waals surface area contributed by atoms with Crippen LogP contribution in [0, 0.1) is 0 Å². The Bertz CT molecular complexity index is 811. The molecule has 0 saturated carbocycles. The minimum Gasteiger partial charge on any atom is -0.508 e. The zero-order valence-corrected chi connectivity index (χ0v) is 14.6. The van der Waals surface area contributed by atoms with E-state index in [-0.39, 0.29) is 22.8 Å². The molecule has 0 atom stereocenters. The first-order chi connectivity index (χ1) is 11.9. The van der Waals surface area contributed by atoms with Gasteiger partial charge < -0.3 is 14.9 Å². The molecular formula is C21H22O4. The summed E-state index contributed by atoms with van der Waals surface area (Å²) >= 11 is 0. The lowest BCUT2D eigenvalue weighted by Crippen LogP contribution is -2.02. The number of aromatic hydroxyl groups is 2. The third-order valence-electron chi connectivity index (χ3n) is 3.74. The second kappa shape index (κ2) is 8.20. The van der Waals surface area contributed by atoms with Crippen LogP contribution in [-0.4, -0.2) is 23.1 Å². The Hall–Kier alpha value is -3.01. The second-order valence-electron chi connectivity index (χ2n) is 5.93. The van der Waals surface area contributed by atoms with Crippen LogP contribution < -0.4 is 4.74 Å². The lowest BCUT2D eigenvalue weighted by atomic mass is 10.00. The predicted molar refractivity (Wildman–Crippen MR) is 99.3 cm³/mol. The lowest BCUT2D eigenvalue weighted by Gasteiger charge is -2.11. The Morgan fingerprint density at radius 1 is 1.08 bits per heavy atom. The predicted octanol–water partition coefficient (Wildman–Crippen LogP) is 4.51. The van der Waals surface area contributed by atoms with Gasteiger partial charge in [-0.05, 0) is 55.7 Å². The van der Waals surface area contributed by atoms with Crippen molar-refractivity contribution in [2.45, 2.75) is 20.3 Å². The molecule has 2 rings (SSSR count). The molecule has 2 aromatic carbocycles. The van der Waals surface area contributed by atoms with E-state index in [1.807, 2.05) is 19.9 Å². The van der Waals surface area contributed by atoms with Gasteiger partial charge in [0.05, 0.1) is 7.11 Å². The van der Waals surface area contributed by atoms with Crippen LogP contribution in [0.15, 0.2) is 54.1 Å². The summed E-state index contributed by atoms with van der Waals surface area (Å²) in [6.45, 7) is 3.96. The Morgan fingerprint density at radius 2 is 1.76 bits per heavy atom. The van der Waals surface area contributed by atoms with E-state index in [0.29, 0.717) is 17.7 Å². The molecule has 2 aromatic rings. The van der Waals surface area contributed by atoms with Crippen molar-refractivity contribution in [2.75, 3.05) is 7.11 Å². The van der Waals surface area contributed by atoms with Gasteiger partial charge in [0, 0.05) is 0 Å². The van der Waals surface area contributed by atoms with Crippen molar-refractivity contribution in [3.8, 4) is 17.2 Å². The summed E-state index contributed by atoms with van der Waals surface area (Å²) in [6.07, 6.45) is 5.54. The third-order valence-corrected chi connectivity index (χ3v) is 3.74. The van der Waals surface area contributed by atoms with E-state index in [1.165, 1.54) is 13.2 Å². The fraction of sp³-hybridized carbons (Fsp3) is 0.190. The van der Waals surface area contributed by atoms with Crippen molar-refractivity contribution in [2.24, 2.45) is 0 Å². The quantitative estimate of drug-likeness (QED) is 0.462. The molecule has 0 heterocycles. The molecule has 4 heteroatoms. The smallest absolute Gasteiger partial charge is 0.193 e. The van der Waals surface area contributed by atoms with E-state index in [9.17, 15) is 15.0 Å². The highest BCUT2D eigenvalue weighted by molar-refractivity contribution is 6.10. The van der Waals surface area contributed by atoms with Gasteiger partial charge in [0.1, 0.15) is 22.8 Å². The van der Waals surface area contributed by atoms with Crippen LogP contribution in [0.25, 0.3) is 6.08 Å². The number of methoxy groups -OCH3 is 1. The number of hydrogen-bond acceptors (Lipinski definition) is 4. The van der Waals surface area contributed by atoms with Crippen LogP contribution >= 0.6 is 0 Å². The largest absolute Gasteiger partial charge is 0.508 e. The zero-order chi connectivity index (χ0) is 18.4. The molecular weight excluding hydrogens is 316 g/mol. The fourth-order valence-electron chi connectivity index (χ4n) is 2.34. The minimum atomic E-state index is -0.346. The van der Waals surface area contributed by atoms with Crippen LogP contribution in [0.3, 0.4) is 0 Å². The van der Waals surface area contributed by atoms with Crippen molar-refractivity contribution in [1.82, 2.24) is 0 Å². The van der Waals surface area contributed by atoms with E-state index in [2.05, 4.69) is 0 Å². The Balaban J connectivity index is 2.34. The average molecular weight is 338 g/mol. The molecule has 0 unspecified atom stereocenters. The maximum atomic E-state index is 12.6. The SMILES string of the molecule is COc1ccc(CC=C(C)C)c(O)c1C(=O)/C=C/c1ccc(O)cc1. The molecule has 2 N–H and O–H groups in total. The monoisotopic (exact) mass is 338 g/mol. The Labute approximate surface area is 147 Å². The highest BCUT2D eigenvalue weighted by Gasteiger charge is 2.18. The zero-order valence-electron chi connectivity index (χ0n) is 14.6. The molecule has 0 bridgehead atoms. The summed E-state index contributed by atoms with van der Waals surface area (Å²) < 4.78 is 5.23. The van der Waals surface area contributed by atoms with Crippen LogP contribution in [-0.2, 0) is 6.42 Å². The van der Waals surface area contributed by atoms with Crippen molar-refractivity contribution in [1.29, 1.82) is 0 Å². The van der Waals surface area contributed by atoms with E-state index in [1.54, 1.807) is 42.5 Å². The fourth-order valence-corrected chi connectivity index (χ4v) is 2.34. The van der Waals surface area contributed by atoms with Gasteiger partial charge in [-0.1, -0.05) is 35.9 Å². The van der Waals surface area contributed by atoms with Crippen LogP contribution in [0.2, 0.25) is 0 Å². The first-order valence-corrected chi connectivity index (χ1v) is 7.96. The van der Waals surface area contributed by atoms with Gasteiger partial charge in [-0.25, -0.2) is 0 Å². The van der Waals surface area contributed by atoms with Gasteiger partial charge in [0.25, 0.3) is 0 Å². The Morgan fingerprint density at radius 3 is 2.36 bits per heavy atom. The standard InChI is InChI=1S/C21H22O4/c1-14(2)4-8-16-9-13-19(25-3)20(21(16)24)18(23)12-7-15-5-10-17(22)11-6-15/h4-7,9-13,22,24H,8H2,1-3H3/b12-7+. The molecule has 0 saturated heterocycles. The van der Waals surface area contributed by atoms with Crippen LogP contribution in [0.5, 0.6) is 17.2 Å². The molecule has 0 aliphatic rings. The van der Waals surface area contributed by atoms with Crippen LogP contribution in [0.1, 0.15) is 35.3 Å². The normalized spacial score (nSPS) is 10.7. The molecule has 0 aliphatic heterocycles. The van der Waals surface area contributed by atoms with Gasteiger partial charge >= 0.3 is 0 Å². The van der Waals surface area contributed by atoms with Gasteiger partial charge in [-0.3, -0.25) is 4.79 Å². The first-order valence-electron chi connectivity index (χ1n) is 7.96. The number of rotatable bonds is 6. The molecule has 0 fully saturated rings. The minimum absolute atomic E-state index is 0.0581. The number of carbonyl (C=O) groups excluding carboxylic acids is 1. The molecule has 130 valence electrons. The summed E-state index contributed by atoms with van der Waals surface area (Å²) in [5, 5.41) is 19.8. The number of allylic oxidation sites excluding steroid dienone is 3. The Kier molecular flexibility index (Phi) is 6.01. The highest BCUT2D eigenvalue weighted by atomic mass is 16.5. The number of phenolic OH excluding ortho intramolecular Hbond substituents is 2. The molecule has 4 nitrogen and oxygen atoms in total. The number of benzene rings is 2. The van der Waals surface area contributed by atoms with E-state index in [4.69, 9.17) is 4.74 Å². The summed E-state index contributed by atoms with van der Waals surface area (Å²) in [5.41, 5.74) is 2.72. The number of hydrogen-bond donors (Lipinski definition) is 2.